The zero-order chi connectivity index (χ0) is 19.9. The lowest BCUT2D eigenvalue weighted by Gasteiger charge is -2.33. The van der Waals surface area contributed by atoms with Crippen molar-refractivity contribution >= 4 is 17.7 Å². The largest absolute Gasteiger partial charge is 0.508 e. The predicted molar refractivity (Wildman–Crippen MR) is 98.6 cm³/mol. The fourth-order valence-corrected chi connectivity index (χ4v) is 4.41. The lowest BCUT2D eigenvalue weighted by Crippen LogP contribution is -2.56. The summed E-state index contributed by atoms with van der Waals surface area (Å²) in [4.78, 5) is 39.2. The highest BCUT2D eigenvalue weighted by Gasteiger charge is 2.54. The van der Waals surface area contributed by atoms with Gasteiger partial charge in [0.05, 0.1) is 12.6 Å². The minimum Gasteiger partial charge on any atom is -0.508 e. The number of amides is 3. The Labute approximate surface area is 158 Å². The number of carbonyl (C=O) groups excluding carboxylic acids is 3. The molecule has 0 saturated carbocycles. The summed E-state index contributed by atoms with van der Waals surface area (Å²) < 4.78 is 0. The minimum absolute atomic E-state index is 0.0837. The quantitative estimate of drug-likeness (QED) is 0.581. The number of hydrogen-bond donors (Lipinski definition) is 4. The number of nitrogens with one attached hydrogen (secondary N) is 2. The number of phenols is 1. The third kappa shape index (κ3) is 3.37. The van der Waals surface area contributed by atoms with Crippen LogP contribution in [0.15, 0.2) is 18.2 Å². The Morgan fingerprint density at radius 2 is 2.07 bits per heavy atom. The molecule has 5 N–H and O–H groups in total. The van der Waals surface area contributed by atoms with Crippen molar-refractivity contribution in [1.82, 2.24) is 15.5 Å². The number of rotatable bonds is 4. The van der Waals surface area contributed by atoms with Crippen molar-refractivity contribution < 1.29 is 19.5 Å². The van der Waals surface area contributed by atoms with Gasteiger partial charge in [0.25, 0.3) is 0 Å². The smallest absolute Gasteiger partial charge is 0.246 e. The van der Waals surface area contributed by atoms with Crippen LogP contribution in [0.3, 0.4) is 0 Å². The number of nitrogens with zero attached hydrogens (tertiary/aromatic N) is 1. The molecule has 0 aromatic heterocycles. The van der Waals surface area contributed by atoms with Gasteiger partial charge in [0.15, 0.2) is 0 Å². The molecular formula is C19H26N4O4. The van der Waals surface area contributed by atoms with E-state index in [4.69, 9.17) is 5.73 Å². The molecule has 0 spiro atoms. The van der Waals surface area contributed by atoms with Gasteiger partial charge in [-0.25, -0.2) is 0 Å². The molecular weight excluding hydrogens is 348 g/mol. The minimum atomic E-state index is -0.796. The van der Waals surface area contributed by atoms with Gasteiger partial charge >= 0.3 is 0 Å². The number of benzene rings is 1. The normalized spacial score (nSPS) is 26.1. The van der Waals surface area contributed by atoms with Crippen LogP contribution in [0.5, 0.6) is 5.75 Å². The number of hydrogen-bond acceptors (Lipinski definition) is 5. The summed E-state index contributed by atoms with van der Waals surface area (Å²) in [6.45, 7) is 3.89. The highest BCUT2D eigenvalue weighted by molar-refractivity contribution is 5.94. The molecule has 1 fully saturated rings. The van der Waals surface area contributed by atoms with E-state index in [-0.39, 0.29) is 30.2 Å². The zero-order valence-electron chi connectivity index (χ0n) is 15.8. The van der Waals surface area contributed by atoms with Gasteiger partial charge < -0.3 is 26.4 Å². The van der Waals surface area contributed by atoms with Gasteiger partial charge in [0.2, 0.25) is 17.7 Å². The molecule has 3 atom stereocenters. The van der Waals surface area contributed by atoms with Gasteiger partial charge in [0.1, 0.15) is 17.8 Å². The molecule has 0 aliphatic carbocycles. The molecule has 2 aliphatic heterocycles. The van der Waals surface area contributed by atoms with Crippen molar-refractivity contribution in [3.05, 3.63) is 29.3 Å². The number of likely N-dealkylation sites (N-methyl/N-ethyl adjacent to an activating group) is 1. The Balaban J connectivity index is 2.09. The lowest BCUT2D eigenvalue weighted by atomic mass is 9.81. The van der Waals surface area contributed by atoms with Crippen molar-refractivity contribution in [2.45, 2.75) is 44.8 Å². The van der Waals surface area contributed by atoms with E-state index in [2.05, 4.69) is 10.6 Å². The zero-order valence-corrected chi connectivity index (χ0v) is 15.8. The van der Waals surface area contributed by atoms with Crippen LogP contribution >= 0.6 is 0 Å². The van der Waals surface area contributed by atoms with Gasteiger partial charge in [-0.3, -0.25) is 14.4 Å². The van der Waals surface area contributed by atoms with E-state index >= 15 is 0 Å². The van der Waals surface area contributed by atoms with Crippen molar-refractivity contribution in [3.8, 4) is 5.75 Å². The number of fused-ring (bicyclic) bond motifs is 3. The topological polar surface area (TPSA) is 125 Å². The maximum atomic E-state index is 13.3. The second kappa shape index (κ2) is 6.84. The van der Waals surface area contributed by atoms with Crippen LogP contribution in [-0.4, -0.2) is 53.4 Å². The summed E-state index contributed by atoms with van der Waals surface area (Å²) in [6, 6.07) is 3.01. The Kier molecular flexibility index (Phi) is 4.86. The molecule has 1 unspecified atom stereocenters. The first-order valence-electron chi connectivity index (χ1n) is 9.03. The van der Waals surface area contributed by atoms with Crippen LogP contribution < -0.4 is 16.4 Å². The van der Waals surface area contributed by atoms with Crippen LogP contribution in [0, 0.1) is 5.41 Å². The fraction of sp³-hybridized carbons (Fsp3) is 0.526. The van der Waals surface area contributed by atoms with E-state index in [0.29, 0.717) is 12.8 Å². The van der Waals surface area contributed by atoms with Gasteiger partial charge in [-0.2, -0.15) is 0 Å². The van der Waals surface area contributed by atoms with Crippen LogP contribution in [0.1, 0.15) is 37.4 Å². The Morgan fingerprint density at radius 1 is 1.37 bits per heavy atom. The van der Waals surface area contributed by atoms with Gasteiger partial charge in [-0.15, -0.1) is 0 Å². The third-order valence-electron chi connectivity index (χ3n) is 5.48. The molecule has 1 aromatic rings. The average Bonchev–Trinajstić information content (AvgIpc) is 2.81. The van der Waals surface area contributed by atoms with Crippen molar-refractivity contribution in [2.24, 2.45) is 11.1 Å². The third-order valence-corrected chi connectivity index (χ3v) is 5.48. The van der Waals surface area contributed by atoms with Crippen LogP contribution in [0.2, 0.25) is 0 Å². The SMILES string of the molecule is CNCC(=O)N[C@H]1Cc2ccc(O)cc2[C@H]2CC(C)(C)C(C(N)=O)N2C1=O. The molecule has 146 valence electrons. The fourth-order valence-electron chi connectivity index (χ4n) is 4.41. The summed E-state index contributed by atoms with van der Waals surface area (Å²) in [5.74, 6) is -1.10. The van der Waals surface area contributed by atoms with E-state index in [9.17, 15) is 19.5 Å². The number of primary amides is 1. The number of aromatic hydroxyl groups is 1. The molecule has 0 bridgehead atoms. The monoisotopic (exact) mass is 374 g/mol. The number of nitrogens with two attached hydrogens (primary N) is 1. The summed E-state index contributed by atoms with van der Waals surface area (Å²) >= 11 is 0. The van der Waals surface area contributed by atoms with Gasteiger partial charge in [-0.1, -0.05) is 19.9 Å². The lowest BCUT2D eigenvalue weighted by molar-refractivity contribution is -0.143. The summed E-state index contributed by atoms with van der Waals surface area (Å²) in [7, 11) is 1.65. The summed E-state index contributed by atoms with van der Waals surface area (Å²) in [5.41, 5.74) is 6.80. The summed E-state index contributed by atoms with van der Waals surface area (Å²) in [6.07, 6.45) is 0.836. The van der Waals surface area contributed by atoms with Gasteiger partial charge in [-0.05, 0) is 42.1 Å². The molecule has 1 saturated heterocycles. The highest BCUT2D eigenvalue weighted by atomic mass is 16.3. The van der Waals surface area contributed by atoms with Crippen molar-refractivity contribution in [2.75, 3.05) is 13.6 Å². The first-order chi connectivity index (χ1) is 12.7. The van der Waals surface area contributed by atoms with Crippen molar-refractivity contribution in [3.63, 3.8) is 0 Å². The van der Waals surface area contributed by atoms with E-state index in [1.54, 1.807) is 25.2 Å². The molecule has 0 radical (unpaired) electrons. The molecule has 27 heavy (non-hydrogen) atoms. The second-order valence-electron chi connectivity index (χ2n) is 8.00. The maximum Gasteiger partial charge on any atom is 0.246 e. The van der Waals surface area contributed by atoms with Crippen LogP contribution in [0.25, 0.3) is 0 Å². The first-order valence-corrected chi connectivity index (χ1v) is 9.03. The predicted octanol–water partition coefficient (Wildman–Crippen LogP) is -0.194. The average molecular weight is 374 g/mol. The Morgan fingerprint density at radius 3 is 2.70 bits per heavy atom. The second-order valence-corrected chi connectivity index (χ2v) is 8.00. The molecule has 3 amide bonds. The maximum absolute atomic E-state index is 13.3. The molecule has 2 heterocycles. The molecule has 8 heteroatoms. The van der Waals surface area contributed by atoms with Gasteiger partial charge in [0, 0.05) is 6.42 Å². The Hall–Kier alpha value is -2.61. The molecule has 8 nitrogen and oxygen atoms in total. The van der Waals surface area contributed by atoms with E-state index in [0.717, 1.165) is 11.1 Å². The first kappa shape index (κ1) is 19.2. The van der Waals surface area contributed by atoms with Crippen molar-refractivity contribution in [1.29, 1.82) is 0 Å². The summed E-state index contributed by atoms with van der Waals surface area (Å²) in [5, 5.41) is 15.5. The number of phenolic OH excluding ortho intramolecular Hbond substituents is 1. The van der Waals surface area contributed by atoms with E-state index in [1.807, 2.05) is 13.8 Å². The van der Waals surface area contributed by atoms with E-state index < -0.39 is 23.4 Å². The van der Waals surface area contributed by atoms with Crippen LogP contribution in [-0.2, 0) is 20.8 Å². The molecule has 3 rings (SSSR count). The Bertz CT molecular complexity index is 792. The molecule has 1 aromatic carbocycles. The molecule has 2 aliphatic rings. The van der Waals surface area contributed by atoms with E-state index in [1.165, 1.54) is 4.90 Å². The van der Waals surface area contributed by atoms with Crippen LogP contribution in [0.4, 0.5) is 0 Å². The number of carbonyl (C=O) groups is 3. The standard InChI is InChI=1S/C19H26N4O4/c1-19(2)8-14-12-7-11(24)5-4-10(12)6-13(22-15(25)9-21-3)18(27)23(14)16(19)17(20)26/h4-5,7,13-14,16,21,24H,6,8-9H2,1-3H3,(H2,20,26)(H,22,25)/t13-,14+,16?/m0/s1. The highest BCUT2D eigenvalue weighted by Crippen LogP contribution is 2.50.